The zero-order valence-electron chi connectivity index (χ0n) is 9.02. The number of allylic oxidation sites excluding steroid dienone is 1. The first-order valence-corrected chi connectivity index (χ1v) is 4.63. The monoisotopic (exact) mass is 217 g/mol. The normalized spacial score (nSPS) is 10.7. The molecule has 1 aromatic rings. The van der Waals surface area contributed by atoms with Crippen LogP contribution in [0.5, 0.6) is 0 Å². The lowest BCUT2D eigenvalue weighted by Crippen LogP contribution is -1.97. The van der Waals surface area contributed by atoms with Gasteiger partial charge in [0.1, 0.15) is 6.07 Å². The molecule has 0 saturated heterocycles. The van der Waals surface area contributed by atoms with Crippen LogP contribution in [0.3, 0.4) is 0 Å². The van der Waals surface area contributed by atoms with E-state index in [1.54, 1.807) is 26.2 Å². The molecular formula is C11H11N3O2. The number of nitriles is 1. The van der Waals surface area contributed by atoms with Crippen LogP contribution in [0.25, 0.3) is 5.57 Å². The van der Waals surface area contributed by atoms with Crippen molar-refractivity contribution in [1.82, 2.24) is 5.32 Å². The number of benzene rings is 1. The van der Waals surface area contributed by atoms with E-state index in [9.17, 15) is 10.1 Å². The number of aryl methyl sites for hydroxylation is 1. The van der Waals surface area contributed by atoms with Gasteiger partial charge in [0.15, 0.2) is 0 Å². The summed E-state index contributed by atoms with van der Waals surface area (Å²) in [6.07, 6.45) is 1.56. The second-order valence-corrected chi connectivity index (χ2v) is 3.21. The molecular weight excluding hydrogens is 206 g/mol. The van der Waals surface area contributed by atoms with Gasteiger partial charge >= 0.3 is 0 Å². The second kappa shape index (κ2) is 4.94. The summed E-state index contributed by atoms with van der Waals surface area (Å²) in [5, 5.41) is 22.2. The van der Waals surface area contributed by atoms with Gasteiger partial charge in [-0.05, 0) is 24.1 Å². The Morgan fingerprint density at radius 1 is 1.62 bits per heavy atom. The molecule has 0 radical (unpaired) electrons. The van der Waals surface area contributed by atoms with Gasteiger partial charge in [0, 0.05) is 25.4 Å². The van der Waals surface area contributed by atoms with Crippen molar-refractivity contribution in [3.8, 4) is 6.07 Å². The van der Waals surface area contributed by atoms with Crippen LogP contribution in [0.1, 0.15) is 11.1 Å². The highest BCUT2D eigenvalue weighted by molar-refractivity contribution is 5.78. The standard InChI is InChI=1S/C11H11N3O2/c1-8-5-10(14(15)16)3-4-11(8)9(6-12)7-13-2/h3-5,7,13H,1-2H3. The number of hydrogen-bond donors (Lipinski definition) is 1. The molecule has 0 saturated carbocycles. The fourth-order valence-electron chi connectivity index (χ4n) is 1.38. The number of rotatable bonds is 3. The zero-order chi connectivity index (χ0) is 12.1. The first-order valence-electron chi connectivity index (χ1n) is 4.63. The molecule has 82 valence electrons. The quantitative estimate of drug-likeness (QED) is 0.477. The highest BCUT2D eigenvalue weighted by atomic mass is 16.6. The molecule has 0 amide bonds. The van der Waals surface area contributed by atoms with Crippen molar-refractivity contribution in [2.24, 2.45) is 0 Å². The summed E-state index contributed by atoms with van der Waals surface area (Å²) in [4.78, 5) is 10.1. The summed E-state index contributed by atoms with van der Waals surface area (Å²) in [6, 6.07) is 6.47. The fraction of sp³-hybridized carbons (Fsp3) is 0.182. The van der Waals surface area contributed by atoms with Gasteiger partial charge < -0.3 is 5.32 Å². The van der Waals surface area contributed by atoms with Crippen LogP contribution in [0, 0.1) is 28.4 Å². The maximum Gasteiger partial charge on any atom is 0.269 e. The van der Waals surface area contributed by atoms with Crippen LogP contribution < -0.4 is 5.32 Å². The molecule has 1 N–H and O–H groups in total. The van der Waals surface area contributed by atoms with E-state index in [0.29, 0.717) is 16.7 Å². The Morgan fingerprint density at radius 3 is 2.75 bits per heavy atom. The van der Waals surface area contributed by atoms with Crippen LogP contribution in [-0.2, 0) is 0 Å². The molecule has 0 aliphatic rings. The highest BCUT2D eigenvalue weighted by Gasteiger charge is 2.10. The Bertz CT molecular complexity index is 486. The number of nitro groups is 1. The smallest absolute Gasteiger partial charge is 0.269 e. The molecule has 0 aliphatic carbocycles. The van der Waals surface area contributed by atoms with Crippen LogP contribution in [0.4, 0.5) is 5.69 Å². The summed E-state index contributed by atoms with van der Waals surface area (Å²) >= 11 is 0. The third-order valence-electron chi connectivity index (χ3n) is 2.12. The van der Waals surface area contributed by atoms with Gasteiger partial charge in [-0.3, -0.25) is 10.1 Å². The predicted octanol–water partition coefficient (Wildman–Crippen LogP) is 1.99. The second-order valence-electron chi connectivity index (χ2n) is 3.21. The Morgan fingerprint density at radius 2 is 2.31 bits per heavy atom. The Hall–Kier alpha value is -2.35. The summed E-state index contributed by atoms with van der Waals surface area (Å²) in [7, 11) is 1.69. The minimum absolute atomic E-state index is 0.0306. The maximum absolute atomic E-state index is 10.5. The molecule has 5 nitrogen and oxygen atoms in total. The minimum atomic E-state index is -0.454. The number of nitro benzene ring substituents is 1. The van der Waals surface area contributed by atoms with E-state index in [-0.39, 0.29) is 5.69 Å². The molecule has 1 aromatic carbocycles. The molecule has 0 spiro atoms. The molecule has 0 fully saturated rings. The largest absolute Gasteiger partial charge is 0.393 e. The first-order chi connectivity index (χ1) is 7.60. The number of non-ortho nitro benzene ring substituents is 1. The summed E-state index contributed by atoms with van der Waals surface area (Å²) in [5.41, 5.74) is 1.89. The Labute approximate surface area is 93.2 Å². The van der Waals surface area contributed by atoms with Crippen molar-refractivity contribution in [3.05, 3.63) is 45.6 Å². The third kappa shape index (κ3) is 2.36. The van der Waals surface area contributed by atoms with E-state index in [2.05, 4.69) is 5.32 Å². The minimum Gasteiger partial charge on any atom is -0.393 e. The average molecular weight is 217 g/mol. The summed E-state index contributed by atoms with van der Waals surface area (Å²) < 4.78 is 0. The van der Waals surface area contributed by atoms with Crippen molar-refractivity contribution in [3.63, 3.8) is 0 Å². The van der Waals surface area contributed by atoms with E-state index in [1.807, 2.05) is 6.07 Å². The van der Waals surface area contributed by atoms with Gasteiger partial charge in [-0.25, -0.2) is 0 Å². The van der Waals surface area contributed by atoms with Crippen LogP contribution in [-0.4, -0.2) is 12.0 Å². The van der Waals surface area contributed by atoms with Gasteiger partial charge in [-0.15, -0.1) is 0 Å². The van der Waals surface area contributed by atoms with E-state index in [1.165, 1.54) is 12.1 Å². The van der Waals surface area contributed by atoms with Crippen LogP contribution in [0.2, 0.25) is 0 Å². The fourth-order valence-corrected chi connectivity index (χ4v) is 1.38. The molecule has 0 atom stereocenters. The third-order valence-corrected chi connectivity index (χ3v) is 2.12. The van der Waals surface area contributed by atoms with E-state index in [4.69, 9.17) is 5.26 Å². The van der Waals surface area contributed by atoms with E-state index >= 15 is 0 Å². The van der Waals surface area contributed by atoms with Gasteiger partial charge in [-0.1, -0.05) is 0 Å². The van der Waals surface area contributed by atoms with Crippen molar-refractivity contribution < 1.29 is 4.92 Å². The number of hydrogen-bond acceptors (Lipinski definition) is 4. The van der Waals surface area contributed by atoms with Crippen molar-refractivity contribution >= 4 is 11.3 Å². The molecule has 1 rings (SSSR count). The maximum atomic E-state index is 10.5. The van der Waals surface area contributed by atoms with Gasteiger partial charge in [0.05, 0.1) is 10.5 Å². The van der Waals surface area contributed by atoms with Gasteiger partial charge in [0.2, 0.25) is 0 Å². The average Bonchev–Trinajstić information content (AvgIpc) is 2.26. The van der Waals surface area contributed by atoms with Crippen LogP contribution >= 0.6 is 0 Å². The van der Waals surface area contributed by atoms with Crippen LogP contribution in [0.15, 0.2) is 24.4 Å². The highest BCUT2D eigenvalue weighted by Crippen LogP contribution is 2.22. The topological polar surface area (TPSA) is 79.0 Å². The van der Waals surface area contributed by atoms with E-state index < -0.39 is 4.92 Å². The number of nitrogens with one attached hydrogen (secondary N) is 1. The van der Waals surface area contributed by atoms with Gasteiger partial charge in [-0.2, -0.15) is 5.26 Å². The summed E-state index contributed by atoms with van der Waals surface area (Å²) in [5.74, 6) is 0. The van der Waals surface area contributed by atoms with Crippen molar-refractivity contribution in [2.75, 3.05) is 7.05 Å². The number of nitrogens with zero attached hydrogens (tertiary/aromatic N) is 2. The van der Waals surface area contributed by atoms with E-state index in [0.717, 1.165) is 0 Å². The Balaban J connectivity index is 3.23. The molecule has 0 heterocycles. The molecule has 5 heteroatoms. The first kappa shape index (κ1) is 11.7. The van der Waals surface area contributed by atoms with Crippen molar-refractivity contribution in [2.45, 2.75) is 6.92 Å². The molecule has 0 aromatic heterocycles. The lowest BCUT2D eigenvalue weighted by Gasteiger charge is -2.03. The van der Waals surface area contributed by atoms with Crippen molar-refractivity contribution in [1.29, 1.82) is 5.26 Å². The predicted molar refractivity (Wildman–Crippen MR) is 60.5 cm³/mol. The van der Waals surface area contributed by atoms with Gasteiger partial charge in [0.25, 0.3) is 5.69 Å². The molecule has 0 bridgehead atoms. The zero-order valence-corrected chi connectivity index (χ0v) is 9.02. The molecule has 0 unspecified atom stereocenters. The molecule has 0 aliphatic heterocycles. The lowest BCUT2D eigenvalue weighted by atomic mass is 10.0. The molecule has 16 heavy (non-hydrogen) atoms. The summed E-state index contributed by atoms with van der Waals surface area (Å²) in [6.45, 7) is 1.74. The SMILES string of the molecule is CNC=C(C#N)c1ccc([N+](=O)[O-])cc1C. The Kier molecular flexibility index (Phi) is 3.62. The lowest BCUT2D eigenvalue weighted by molar-refractivity contribution is -0.384.